The second kappa shape index (κ2) is 8.54. The molecule has 1 aliphatic rings. The monoisotopic (exact) mass is 439 g/mol. The van der Waals surface area contributed by atoms with Crippen molar-refractivity contribution in [2.75, 3.05) is 18.6 Å². The smallest absolute Gasteiger partial charge is 0.171 e. The van der Waals surface area contributed by atoms with Crippen LogP contribution in [0, 0.1) is 11.3 Å². The lowest BCUT2D eigenvalue weighted by atomic mass is 9.87. The van der Waals surface area contributed by atoms with E-state index >= 15 is 0 Å². The minimum atomic E-state index is -0.655. The lowest BCUT2D eigenvalue weighted by Crippen LogP contribution is -2.20. The zero-order valence-electron chi connectivity index (χ0n) is 18.5. The summed E-state index contributed by atoms with van der Waals surface area (Å²) in [6, 6.07) is 6.14. The van der Waals surface area contributed by atoms with Crippen LogP contribution in [0.4, 0.5) is 0 Å². The summed E-state index contributed by atoms with van der Waals surface area (Å²) in [4.78, 5) is 25.2. The van der Waals surface area contributed by atoms with Crippen LogP contribution < -0.4 is 4.74 Å². The van der Waals surface area contributed by atoms with Crippen LogP contribution in [-0.2, 0) is 17.2 Å². The van der Waals surface area contributed by atoms with Gasteiger partial charge in [0.05, 0.1) is 24.6 Å². The highest BCUT2D eigenvalue weighted by atomic mass is 32.2. The Balaban J connectivity index is 1.69. The van der Waals surface area contributed by atoms with Gasteiger partial charge >= 0.3 is 0 Å². The van der Waals surface area contributed by atoms with E-state index in [0.717, 1.165) is 42.1 Å². The Morgan fingerprint density at radius 2 is 1.97 bits per heavy atom. The molecule has 164 valence electrons. The minimum Gasteiger partial charge on any atom is -0.497 e. The third-order valence-corrected chi connectivity index (χ3v) is 7.22. The highest BCUT2D eigenvalue weighted by molar-refractivity contribution is 7.85. The van der Waals surface area contributed by atoms with Gasteiger partial charge in [-0.1, -0.05) is 20.8 Å². The molecule has 0 amide bonds. The van der Waals surface area contributed by atoms with Gasteiger partial charge in [-0.05, 0) is 48.9 Å². The first-order chi connectivity index (χ1) is 14.7. The highest BCUT2D eigenvalue weighted by Gasteiger charge is 2.26. The molecule has 4 rings (SSSR count). The number of aromatic amines is 1. The predicted molar refractivity (Wildman–Crippen MR) is 124 cm³/mol. The molecule has 6 nitrogen and oxygen atoms in total. The Labute approximate surface area is 185 Å². The summed E-state index contributed by atoms with van der Waals surface area (Å²) >= 11 is 0. The number of Topliss-reactive ketones (excluding diaryl/α,β-unsaturated/α-hetero) is 1. The van der Waals surface area contributed by atoms with Gasteiger partial charge in [0, 0.05) is 39.5 Å². The molecule has 1 saturated heterocycles. The third-order valence-electron chi connectivity index (χ3n) is 5.84. The number of benzene rings is 1. The topological polar surface area (TPSA) is 84.9 Å². The van der Waals surface area contributed by atoms with Crippen molar-refractivity contribution in [1.29, 1.82) is 0 Å². The number of hydrogen-bond donors (Lipinski definition) is 1. The molecular weight excluding hydrogens is 410 g/mol. The molecule has 0 unspecified atom stereocenters. The van der Waals surface area contributed by atoms with Gasteiger partial charge in [0.25, 0.3) is 0 Å². The van der Waals surface area contributed by atoms with Crippen LogP contribution in [0.1, 0.15) is 49.5 Å². The van der Waals surface area contributed by atoms with E-state index in [9.17, 15) is 9.00 Å². The van der Waals surface area contributed by atoms with Crippen molar-refractivity contribution in [2.24, 2.45) is 11.3 Å². The molecule has 3 heterocycles. The first-order valence-electron chi connectivity index (χ1n) is 10.7. The van der Waals surface area contributed by atoms with Crippen LogP contribution in [0.5, 0.6) is 5.75 Å². The lowest BCUT2D eigenvalue weighted by Gasteiger charge is -2.21. The van der Waals surface area contributed by atoms with Gasteiger partial charge in [0.2, 0.25) is 0 Å². The minimum absolute atomic E-state index is 0.0335. The van der Waals surface area contributed by atoms with E-state index in [1.54, 1.807) is 19.5 Å². The summed E-state index contributed by atoms with van der Waals surface area (Å²) in [6.45, 7) is 5.71. The maximum absolute atomic E-state index is 12.9. The molecule has 0 atom stereocenters. The number of methoxy groups -OCH3 is 1. The highest BCUT2D eigenvalue weighted by Crippen LogP contribution is 2.30. The van der Waals surface area contributed by atoms with Gasteiger partial charge in [-0.3, -0.25) is 9.00 Å². The Hall–Kier alpha value is -2.54. The standard InChI is InChI=1S/C24H29N3O3S/c1-24(2,3)22(28)19-13-25-23-21(19)27-20(14-26-23)17-10-16(11-18(12-17)30-4)9-15-5-7-31(29)8-6-15/h10-15H,5-9H2,1-4H3,(H,25,26). The number of ketones is 1. The molecule has 0 saturated carbocycles. The number of H-pyrrole nitrogens is 1. The van der Waals surface area contributed by atoms with E-state index in [1.807, 2.05) is 26.8 Å². The lowest BCUT2D eigenvalue weighted by molar-refractivity contribution is 0.0860. The van der Waals surface area contributed by atoms with Crippen molar-refractivity contribution in [3.8, 4) is 17.0 Å². The second-order valence-electron chi connectivity index (χ2n) is 9.30. The van der Waals surface area contributed by atoms with Crippen LogP contribution >= 0.6 is 0 Å². The summed E-state index contributed by atoms with van der Waals surface area (Å²) in [5, 5.41) is 0. The van der Waals surface area contributed by atoms with Crippen LogP contribution in [0.2, 0.25) is 0 Å². The van der Waals surface area contributed by atoms with E-state index in [1.165, 1.54) is 5.56 Å². The Bertz CT molecular complexity index is 1140. The normalized spacial score (nSPS) is 19.5. The van der Waals surface area contributed by atoms with E-state index in [-0.39, 0.29) is 5.78 Å². The van der Waals surface area contributed by atoms with Crippen molar-refractivity contribution in [3.63, 3.8) is 0 Å². The largest absolute Gasteiger partial charge is 0.497 e. The molecule has 31 heavy (non-hydrogen) atoms. The van der Waals surface area contributed by atoms with Crippen LogP contribution in [-0.4, -0.2) is 43.6 Å². The number of carbonyl (C=O) groups is 1. The number of fused-ring (bicyclic) bond motifs is 1. The molecule has 0 aliphatic carbocycles. The van der Waals surface area contributed by atoms with Gasteiger partial charge in [0.15, 0.2) is 11.4 Å². The SMILES string of the molecule is COc1cc(CC2CCS(=O)CC2)cc(-c2cnc3[nH]cc(C(=O)C(C)(C)C)c3n2)c1. The third kappa shape index (κ3) is 4.71. The maximum Gasteiger partial charge on any atom is 0.171 e. The summed E-state index contributed by atoms with van der Waals surface area (Å²) in [5.41, 5.74) is 4.06. The number of rotatable bonds is 5. The van der Waals surface area contributed by atoms with Gasteiger partial charge in [-0.2, -0.15) is 0 Å². The maximum atomic E-state index is 12.9. The van der Waals surface area contributed by atoms with Crippen molar-refractivity contribution in [2.45, 2.75) is 40.0 Å². The Kier molecular flexibility index (Phi) is 5.97. The number of aromatic nitrogens is 3. The molecule has 2 aromatic heterocycles. The van der Waals surface area contributed by atoms with Crippen molar-refractivity contribution >= 4 is 27.7 Å². The Morgan fingerprint density at radius 1 is 1.23 bits per heavy atom. The number of carbonyl (C=O) groups excluding carboxylic acids is 1. The molecule has 7 heteroatoms. The van der Waals surface area contributed by atoms with Gasteiger partial charge in [-0.25, -0.2) is 9.97 Å². The van der Waals surface area contributed by atoms with Gasteiger partial charge < -0.3 is 9.72 Å². The fraction of sp³-hybridized carbons (Fsp3) is 0.458. The summed E-state index contributed by atoms with van der Waals surface area (Å²) in [7, 11) is 1.01. The first kappa shape index (κ1) is 21.7. The van der Waals surface area contributed by atoms with Gasteiger partial charge in [0.1, 0.15) is 11.3 Å². The molecule has 1 aliphatic heterocycles. The summed E-state index contributed by atoms with van der Waals surface area (Å²) in [5.74, 6) is 2.93. The number of hydrogen-bond acceptors (Lipinski definition) is 5. The summed E-state index contributed by atoms with van der Waals surface area (Å²) in [6.07, 6.45) is 6.34. The first-order valence-corrected chi connectivity index (χ1v) is 12.2. The molecular formula is C24H29N3O3S. The van der Waals surface area contributed by atoms with E-state index < -0.39 is 16.2 Å². The van der Waals surface area contributed by atoms with Gasteiger partial charge in [-0.15, -0.1) is 0 Å². The molecule has 1 fully saturated rings. The van der Waals surface area contributed by atoms with Crippen molar-refractivity contribution in [3.05, 3.63) is 41.7 Å². The van der Waals surface area contributed by atoms with Crippen molar-refractivity contribution < 1.29 is 13.7 Å². The zero-order chi connectivity index (χ0) is 22.2. The number of nitrogens with zero attached hydrogens (tertiary/aromatic N) is 2. The van der Waals surface area contributed by atoms with Crippen LogP contribution in [0.3, 0.4) is 0 Å². The molecule has 3 aromatic rings. The number of nitrogens with one attached hydrogen (secondary N) is 1. The molecule has 1 N–H and O–H groups in total. The Morgan fingerprint density at radius 3 is 2.65 bits per heavy atom. The fourth-order valence-electron chi connectivity index (χ4n) is 4.03. The molecule has 0 spiro atoms. The van der Waals surface area contributed by atoms with Crippen molar-refractivity contribution in [1.82, 2.24) is 15.0 Å². The molecule has 0 bridgehead atoms. The van der Waals surface area contributed by atoms with E-state index in [2.05, 4.69) is 22.1 Å². The zero-order valence-corrected chi connectivity index (χ0v) is 19.3. The average Bonchev–Trinajstić information content (AvgIpc) is 3.17. The van der Waals surface area contributed by atoms with E-state index in [4.69, 9.17) is 9.72 Å². The summed E-state index contributed by atoms with van der Waals surface area (Å²) < 4.78 is 17.2. The second-order valence-corrected chi connectivity index (χ2v) is 11.0. The van der Waals surface area contributed by atoms with Crippen LogP contribution in [0.15, 0.2) is 30.6 Å². The molecule has 0 radical (unpaired) electrons. The number of ether oxygens (including phenoxy) is 1. The average molecular weight is 440 g/mol. The molecule has 1 aromatic carbocycles. The van der Waals surface area contributed by atoms with E-state index in [0.29, 0.717) is 28.3 Å². The predicted octanol–water partition coefficient (Wildman–Crippen LogP) is 4.56. The fourth-order valence-corrected chi connectivity index (χ4v) is 5.43. The quantitative estimate of drug-likeness (QED) is 0.589. The van der Waals surface area contributed by atoms with Crippen LogP contribution in [0.25, 0.3) is 22.4 Å².